The fraction of sp³-hybridized carbons (Fsp3) is 0.136. The van der Waals surface area contributed by atoms with Crippen molar-refractivity contribution in [1.82, 2.24) is 0 Å². The number of thiophene rings is 1. The molecule has 0 spiro atoms. The van der Waals surface area contributed by atoms with Gasteiger partial charge < -0.3 is 15.5 Å². The Hall–Kier alpha value is -3.45. The van der Waals surface area contributed by atoms with Gasteiger partial charge in [0.15, 0.2) is 0 Å². The first-order valence-corrected chi connectivity index (χ1v) is 10.1. The average Bonchev–Trinajstić information content (AvgIpc) is 3.40. The highest BCUT2D eigenvalue weighted by Crippen LogP contribution is 2.24. The summed E-state index contributed by atoms with van der Waals surface area (Å²) >= 11 is 1.37. The van der Waals surface area contributed by atoms with E-state index in [1.54, 1.807) is 47.4 Å². The number of anilines is 3. The SMILES string of the molecule is O=C(Nc1cccc(N2CCCC2=O)c1)c1ccc(NC(=O)c2cccs2)cc1. The van der Waals surface area contributed by atoms with E-state index in [2.05, 4.69) is 10.6 Å². The molecule has 7 heteroatoms. The lowest BCUT2D eigenvalue weighted by Crippen LogP contribution is -2.23. The maximum atomic E-state index is 12.6. The van der Waals surface area contributed by atoms with Crippen LogP contribution < -0.4 is 15.5 Å². The van der Waals surface area contributed by atoms with E-state index < -0.39 is 0 Å². The lowest BCUT2D eigenvalue weighted by molar-refractivity contribution is -0.117. The standard InChI is InChI=1S/C22H19N3O3S/c26-20-7-2-12-25(20)18-5-1-4-17(14-18)24-21(27)15-8-10-16(11-9-15)23-22(28)19-6-3-13-29-19/h1,3-6,8-11,13-14H,2,7,12H2,(H,23,28)(H,24,27). The molecule has 2 heterocycles. The summed E-state index contributed by atoms with van der Waals surface area (Å²) in [5.41, 5.74) is 2.51. The van der Waals surface area contributed by atoms with Crippen molar-refractivity contribution in [2.45, 2.75) is 12.8 Å². The number of hydrogen-bond donors (Lipinski definition) is 2. The normalized spacial score (nSPS) is 13.4. The van der Waals surface area contributed by atoms with Crippen LogP contribution in [-0.4, -0.2) is 24.3 Å². The summed E-state index contributed by atoms with van der Waals surface area (Å²) in [6.07, 6.45) is 1.41. The first-order valence-electron chi connectivity index (χ1n) is 9.27. The molecule has 29 heavy (non-hydrogen) atoms. The molecular weight excluding hydrogens is 386 g/mol. The second kappa shape index (κ2) is 8.28. The van der Waals surface area contributed by atoms with Crippen molar-refractivity contribution in [3.8, 4) is 0 Å². The molecule has 1 aliphatic heterocycles. The number of carbonyl (C=O) groups is 3. The van der Waals surface area contributed by atoms with E-state index in [1.807, 2.05) is 23.6 Å². The zero-order chi connectivity index (χ0) is 20.2. The number of carbonyl (C=O) groups excluding carboxylic acids is 3. The predicted molar refractivity (Wildman–Crippen MR) is 115 cm³/mol. The van der Waals surface area contributed by atoms with Gasteiger partial charge in [-0.25, -0.2) is 0 Å². The smallest absolute Gasteiger partial charge is 0.265 e. The van der Waals surface area contributed by atoms with Crippen molar-refractivity contribution in [3.05, 3.63) is 76.5 Å². The number of nitrogens with one attached hydrogen (secondary N) is 2. The number of amides is 3. The molecule has 3 amide bonds. The summed E-state index contributed by atoms with van der Waals surface area (Å²) in [4.78, 5) is 38.9. The van der Waals surface area contributed by atoms with E-state index in [1.165, 1.54) is 11.3 Å². The molecule has 1 fully saturated rings. The lowest BCUT2D eigenvalue weighted by Gasteiger charge is -2.16. The Balaban J connectivity index is 1.41. The molecule has 6 nitrogen and oxygen atoms in total. The molecule has 0 bridgehead atoms. The molecule has 146 valence electrons. The molecule has 0 atom stereocenters. The second-order valence-electron chi connectivity index (χ2n) is 6.66. The zero-order valence-electron chi connectivity index (χ0n) is 15.6. The first-order chi connectivity index (χ1) is 14.1. The minimum Gasteiger partial charge on any atom is -0.322 e. The Bertz CT molecular complexity index is 1050. The van der Waals surface area contributed by atoms with Crippen molar-refractivity contribution in [1.29, 1.82) is 0 Å². The van der Waals surface area contributed by atoms with E-state index in [0.717, 1.165) is 12.1 Å². The van der Waals surface area contributed by atoms with Gasteiger partial charge in [-0.2, -0.15) is 0 Å². The molecule has 3 aromatic rings. The van der Waals surface area contributed by atoms with Crippen LogP contribution in [0.25, 0.3) is 0 Å². The van der Waals surface area contributed by atoms with E-state index in [0.29, 0.717) is 34.8 Å². The summed E-state index contributed by atoms with van der Waals surface area (Å²) in [6.45, 7) is 0.703. The van der Waals surface area contributed by atoms with E-state index in [4.69, 9.17) is 0 Å². The van der Waals surface area contributed by atoms with Crippen LogP contribution in [-0.2, 0) is 4.79 Å². The van der Waals surface area contributed by atoms with E-state index in [9.17, 15) is 14.4 Å². The summed E-state index contributed by atoms with van der Waals surface area (Å²) < 4.78 is 0. The highest BCUT2D eigenvalue weighted by atomic mass is 32.1. The van der Waals surface area contributed by atoms with Crippen LogP contribution in [0, 0.1) is 0 Å². The zero-order valence-corrected chi connectivity index (χ0v) is 16.4. The molecule has 0 radical (unpaired) electrons. The second-order valence-corrected chi connectivity index (χ2v) is 7.61. The van der Waals surface area contributed by atoms with Crippen LogP contribution in [0.5, 0.6) is 0 Å². The third kappa shape index (κ3) is 4.35. The largest absolute Gasteiger partial charge is 0.322 e. The first kappa shape index (κ1) is 18.9. The number of rotatable bonds is 5. The summed E-state index contributed by atoms with van der Waals surface area (Å²) in [6, 6.07) is 17.6. The van der Waals surface area contributed by atoms with Gasteiger partial charge in [-0.3, -0.25) is 14.4 Å². The Morgan fingerprint density at radius 2 is 1.69 bits per heavy atom. The lowest BCUT2D eigenvalue weighted by atomic mass is 10.2. The monoisotopic (exact) mass is 405 g/mol. The molecule has 2 aromatic carbocycles. The molecule has 0 saturated carbocycles. The third-order valence-corrected chi connectivity index (χ3v) is 5.51. The third-order valence-electron chi connectivity index (χ3n) is 4.64. The number of hydrogen-bond acceptors (Lipinski definition) is 4. The molecular formula is C22H19N3O3S. The van der Waals surface area contributed by atoms with Crippen LogP contribution in [0.4, 0.5) is 17.1 Å². The molecule has 4 rings (SSSR count). The van der Waals surface area contributed by atoms with Crippen LogP contribution in [0.1, 0.15) is 32.9 Å². The van der Waals surface area contributed by atoms with Crippen molar-refractivity contribution < 1.29 is 14.4 Å². The molecule has 1 aromatic heterocycles. The summed E-state index contributed by atoms with van der Waals surface area (Å²) in [5.74, 6) is -0.329. The fourth-order valence-electron chi connectivity index (χ4n) is 3.18. The van der Waals surface area contributed by atoms with Gasteiger partial charge in [-0.15, -0.1) is 11.3 Å². The Morgan fingerprint density at radius 1 is 0.897 bits per heavy atom. The molecule has 1 aliphatic rings. The topological polar surface area (TPSA) is 78.5 Å². The molecule has 2 N–H and O–H groups in total. The maximum absolute atomic E-state index is 12.6. The van der Waals surface area contributed by atoms with Crippen LogP contribution >= 0.6 is 11.3 Å². The maximum Gasteiger partial charge on any atom is 0.265 e. The van der Waals surface area contributed by atoms with Gasteiger partial charge in [-0.1, -0.05) is 12.1 Å². The Kier molecular flexibility index (Phi) is 5.39. The molecule has 0 aliphatic carbocycles. The van der Waals surface area contributed by atoms with Gasteiger partial charge in [0.05, 0.1) is 4.88 Å². The Morgan fingerprint density at radius 3 is 2.38 bits per heavy atom. The van der Waals surface area contributed by atoms with Crippen molar-refractivity contribution in [3.63, 3.8) is 0 Å². The van der Waals surface area contributed by atoms with Gasteiger partial charge in [0.1, 0.15) is 0 Å². The highest BCUT2D eigenvalue weighted by Gasteiger charge is 2.21. The minimum absolute atomic E-state index is 0.105. The van der Waals surface area contributed by atoms with Gasteiger partial charge in [0, 0.05) is 35.6 Å². The average molecular weight is 405 g/mol. The van der Waals surface area contributed by atoms with Crippen LogP contribution in [0.15, 0.2) is 66.0 Å². The van der Waals surface area contributed by atoms with Gasteiger partial charge in [0.25, 0.3) is 11.8 Å². The van der Waals surface area contributed by atoms with Gasteiger partial charge in [-0.05, 0) is 60.3 Å². The summed E-state index contributed by atoms with van der Waals surface area (Å²) in [7, 11) is 0. The van der Waals surface area contributed by atoms with E-state index >= 15 is 0 Å². The summed E-state index contributed by atoms with van der Waals surface area (Å²) in [5, 5.41) is 7.51. The van der Waals surface area contributed by atoms with Crippen molar-refractivity contribution >= 4 is 46.1 Å². The van der Waals surface area contributed by atoms with Crippen LogP contribution in [0.2, 0.25) is 0 Å². The van der Waals surface area contributed by atoms with Crippen molar-refractivity contribution in [2.24, 2.45) is 0 Å². The van der Waals surface area contributed by atoms with E-state index in [-0.39, 0.29) is 17.7 Å². The quantitative estimate of drug-likeness (QED) is 0.661. The Labute approximate surface area is 172 Å². The predicted octanol–water partition coefficient (Wildman–Crippen LogP) is 4.38. The minimum atomic E-state index is -0.258. The highest BCUT2D eigenvalue weighted by molar-refractivity contribution is 7.12. The molecule has 0 unspecified atom stereocenters. The fourth-order valence-corrected chi connectivity index (χ4v) is 3.80. The number of nitrogens with zero attached hydrogens (tertiary/aromatic N) is 1. The van der Waals surface area contributed by atoms with Gasteiger partial charge >= 0.3 is 0 Å². The van der Waals surface area contributed by atoms with Crippen LogP contribution in [0.3, 0.4) is 0 Å². The van der Waals surface area contributed by atoms with Gasteiger partial charge in [0.2, 0.25) is 5.91 Å². The van der Waals surface area contributed by atoms with Crippen molar-refractivity contribution in [2.75, 3.05) is 22.1 Å². The number of benzene rings is 2. The molecule has 1 saturated heterocycles.